The number of ether oxygens (including phenoxy) is 2. The summed E-state index contributed by atoms with van der Waals surface area (Å²) in [7, 11) is 0. The highest BCUT2D eigenvalue weighted by molar-refractivity contribution is 5.95. The molecule has 0 aromatic heterocycles. The molecule has 0 radical (unpaired) electrons. The SMILES string of the molecule is C[C@H](C(O)CCC(C)(C)O[C@@H]1O[C@H](CO)[C@@H](O)[C@H](O)[C@H]1O)[C@H]1CCC2(O)C3=CC(=O)[C@@H]4C[C@H](O)[C@@H](O)C[C@]4(C)[C@H]3CC[C@]12C. The van der Waals surface area contributed by atoms with E-state index < -0.39 is 77.7 Å². The zero-order valence-corrected chi connectivity index (χ0v) is 26.7. The number of rotatable bonds is 8. The van der Waals surface area contributed by atoms with Gasteiger partial charge in [-0.25, -0.2) is 0 Å². The molecule has 0 aromatic rings. The molecular weight excluding hydrogens is 572 g/mol. The summed E-state index contributed by atoms with van der Waals surface area (Å²) in [4.78, 5) is 13.4. The van der Waals surface area contributed by atoms with Crippen LogP contribution in [0.4, 0.5) is 0 Å². The topological polar surface area (TPSA) is 197 Å². The van der Waals surface area contributed by atoms with Crippen molar-refractivity contribution in [2.45, 2.75) is 146 Å². The monoisotopic (exact) mass is 626 g/mol. The van der Waals surface area contributed by atoms with Gasteiger partial charge in [-0.3, -0.25) is 4.79 Å². The number of aliphatic hydroxyl groups is 8. The zero-order valence-electron chi connectivity index (χ0n) is 26.7. The molecule has 5 aliphatic rings. The summed E-state index contributed by atoms with van der Waals surface area (Å²) in [6.07, 6.45) is -3.83. The first-order valence-electron chi connectivity index (χ1n) is 16.4. The Kier molecular flexibility index (Phi) is 9.30. The Bertz CT molecular complexity index is 1110. The number of ketones is 1. The van der Waals surface area contributed by atoms with Crippen LogP contribution >= 0.6 is 0 Å². The van der Waals surface area contributed by atoms with E-state index in [4.69, 9.17) is 9.47 Å². The van der Waals surface area contributed by atoms with E-state index in [9.17, 15) is 45.6 Å². The molecule has 5 rings (SSSR count). The lowest BCUT2D eigenvalue weighted by molar-refractivity contribution is -0.324. The van der Waals surface area contributed by atoms with E-state index >= 15 is 0 Å². The van der Waals surface area contributed by atoms with Crippen molar-refractivity contribution in [3.8, 4) is 0 Å². The Morgan fingerprint density at radius 1 is 1.02 bits per heavy atom. The predicted molar refractivity (Wildman–Crippen MR) is 158 cm³/mol. The summed E-state index contributed by atoms with van der Waals surface area (Å²) in [6.45, 7) is 9.12. The van der Waals surface area contributed by atoms with E-state index in [2.05, 4.69) is 6.92 Å². The van der Waals surface area contributed by atoms with Gasteiger partial charge in [0.25, 0.3) is 0 Å². The Morgan fingerprint density at radius 3 is 2.36 bits per heavy atom. The highest BCUT2D eigenvalue weighted by Crippen LogP contribution is 2.68. The summed E-state index contributed by atoms with van der Waals surface area (Å²) in [6, 6.07) is 0. The largest absolute Gasteiger partial charge is 0.394 e. The molecule has 11 heteroatoms. The maximum absolute atomic E-state index is 13.4. The molecule has 1 heterocycles. The molecule has 8 N–H and O–H groups in total. The first-order valence-corrected chi connectivity index (χ1v) is 16.4. The highest BCUT2D eigenvalue weighted by Gasteiger charge is 2.67. The van der Waals surface area contributed by atoms with Crippen LogP contribution in [0.25, 0.3) is 0 Å². The van der Waals surface area contributed by atoms with Gasteiger partial charge in [0, 0.05) is 11.3 Å². The Labute approximate surface area is 259 Å². The molecule has 2 unspecified atom stereocenters. The number of allylic oxidation sites excluding steroid dienone is 1. The van der Waals surface area contributed by atoms with Gasteiger partial charge < -0.3 is 50.3 Å². The van der Waals surface area contributed by atoms with Gasteiger partial charge in [0.15, 0.2) is 12.1 Å². The summed E-state index contributed by atoms with van der Waals surface area (Å²) >= 11 is 0. The van der Waals surface area contributed by atoms with Crippen molar-refractivity contribution < 1.29 is 55.1 Å². The first-order chi connectivity index (χ1) is 20.4. The lowest BCUT2D eigenvalue weighted by atomic mass is 9.46. The van der Waals surface area contributed by atoms with E-state index in [1.54, 1.807) is 19.9 Å². The number of aliphatic hydroxyl groups excluding tert-OH is 7. The van der Waals surface area contributed by atoms with Crippen LogP contribution in [0.5, 0.6) is 0 Å². The van der Waals surface area contributed by atoms with Crippen LogP contribution in [0.2, 0.25) is 0 Å². The summed E-state index contributed by atoms with van der Waals surface area (Å²) in [5.41, 5.74) is -2.42. The van der Waals surface area contributed by atoms with Crippen LogP contribution in [0, 0.1) is 34.5 Å². The van der Waals surface area contributed by atoms with Crippen molar-refractivity contribution in [1.29, 1.82) is 0 Å². The summed E-state index contributed by atoms with van der Waals surface area (Å²) < 4.78 is 11.5. The van der Waals surface area contributed by atoms with Crippen LogP contribution in [-0.2, 0) is 14.3 Å². The molecule has 44 heavy (non-hydrogen) atoms. The van der Waals surface area contributed by atoms with Gasteiger partial charge in [-0.05, 0) is 100 Å². The average molecular weight is 627 g/mol. The standard InChI is InChI=1S/C33H54O11/c1-16(21(35)8-9-30(2,3)44-29-28(41)27(40)26(39)25(15-34)43-29)17-7-11-33(42)19-12-22(36)20-13-23(37)24(38)14-31(20,4)18(19)6-10-32(17,33)5/h12,16-18,20-21,23-29,34-35,37-42H,6-11,13-15H2,1-5H3/t16-,17+,18-,20-,21?,23-,24-,25+,26+,27-,28+,29-,31+,32+,33?/m0/s1. The molecule has 11 nitrogen and oxygen atoms in total. The minimum Gasteiger partial charge on any atom is -0.394 e. The lowest BCUT2D eigenvalue weighted by Crippen LogP contribution is -2.61. The smallest absolute Gasteiger partial charge is 0.187 e. The molecule has 0 bridgehead atoms. The third-order valence-corrected chi connectivity index (χ3v) is 12.8. The van der Waals surface area contributed by atoms with Crippen molar-refractivity contribution in [2.24, 2.45) is 34.5 Å². The van der Waals surface area contributed by atoms with Crippen LogP contribution < -0.4 is 0 Å². The number of hydrogen-bond donors (Lipinski definition) is 8. The van der Waals surface area contributed by atoms with Crippen molar-refractivity contribution in [2.75, 3.05) is 6.61 Å². The number of fused-ring (bicyclic) bond motifs is 5. The molecule has 15 atom stereocenters. The molecular formula is C33H54O11. The molecule has 0 spiro atoms. The Hall–Kier alpha value is -0.990. The van der Waals surface area contributed by atoms with E-state index in [0.717, 1.165) is 12.0 Å². The molecule has 4 fully saturated rings. The molecule has 0 aromatic carbocycles. The number of hydrogen-bond acceptors (Lipinski definition) is 11. The first kappa shape index (κ1) is 34.3. The number of carbonyl (C=O) groups excluding carboxylic acids is 1. The second-order valence-electron chi connectivity index (χ2n) is 15.7. The van der Waals surface area contributed by atoms with Gasteiger partial charge >= 0.3 is 0 Å². The molecule has 3 saturated carbocycles. The van der Waals surface area contributed by atoms with Gasteiger partial charge in [-0.15, -0.1) is 0 Å². The fourth-order valence-corrected chi connectivity index (χ4v) is 9.82. The fourth-order valence-electron chi connectivity index (χ4n) is 9.82. The van der Waals surface area contributed by atoms with Crippen molar-refractivity contribution in [3.63, 3.8) is 0 Å². The molecule has 252 valence electrons. The quantitative estimate of drug-likeness (QED) is 0.187. The van der Waals surface area contributed by atoms with Gasteiger partial charge in [-0.2, -0.15) is 0 Å². The summed E-state index contributed by atoms with van der Waals surface area (Å²) in [5, 5.41) is 84.8. The van der Waals surface area contributed by atoms with Crippen LogP contribution in [-0.4, -0.2) is 113 Å². The van der Waals surface area contributed by atoms with E-state index in [1.165, 1.54) is 0 Å². The minimum absolute atomic E-state index is 0.0155. The second kappa shape index (κ2) is 11.9. The van der Waals surface area contributed by atoms with Crippen LogP contribution in [0.3, 0.4) is 0 Å². The minimum atomic E-state index is -1.54. The average Bonchev–Trinajstić information content (AvgIpc) is 3.24. The Morgan fingerprint density at radius 2 is 1.70 bits per heavy atom. The maximum Gasteiger partial charge on any atom is 0.187 e. The van der Waals surface area contributed by atoms with Crippen molar-refractivity contribution in [1.82, 2.24) is 0 Å². The van der Waals surface area contributed by atoms with Crippen LogP contribution in [0.1, 0.15) is 86.0 Å². The molecule has 1 saturated heterocycles. The molecule has 1 aliphatic heterocycles. The molecule has 0 amide bonds. The predicted octanol–water partition coefficient (Wildman–Crippen LogP) is 0.563. The number of carbonyl (C=O) groups is 1. The van der Waals surface area contributed by atoms with E-state index in [1.807, 2.05) is 13.8 Å². The normalized spacial score (nSPS) is 49.0. The Balaban J connectivity index is 1.27. The van der Waals surface area contributed by atoms with Crippen LogP contribution in [0.15, 0.2) is 11.6 Å². The highest BCUT2D eigenvalue weighted by atomic mass is 16.7. The van der Waals surface area contributed by atoms with Gasteiger partial charge in [0.05, 0.1) is 36.1 Å². The van der Waals surface area contributed by atoms with E-state index in [0.29, 0.717) is 38.5 Å². The van der Waals surface area contributed by atoms with Gasteiger partial charge in [0.2, 0.25) is 0 Å². The second-order valence-corrected chi connectivity index (χ2v) is 15.7. The third-order valence-electron chi connectivity index (χ3n) is 12.8. The van der Waals surface area contributed by atoms with Gasteiger partial charge in [0.1, 0.15) is 24.4 Å². The van der Waals surface area contributed by atoms with Gasteiger partial charge in [-0.1, -0.05) is 20.8 Å². The molecule has 4 aliphatic carbocycles. The third kappa shape index (κ3) is 5.42. The maximum atomic E-state index is 13.4. The fraction of sp³-hybridized carbons (Fsp3) is 0.909. The van der Waals surface area contributed by atoms with Crippen molar-refractivity contribution in [3.05, 3.63) is 11.6 Å². The summed E-state index contributed by atoms with van der Waals surface area (Å²) in [5.74, 6) is -0.721. The lowest BCUT2D eigenvalue weighted by Gasteiger charge is -2.60. The van der Waals surface area contributed by atoms with Crippen molar-refractivity contribution >= 4 is 5.78 Å². The zero-order chi connectivity index (χ0) is 32.6. The van der Waals surface area contributed by atoms with E-state index in [-0.39, 0.29) is 35.9 Å².